The van der Waals surface area contributed by atoms with Crippen LogP contribution in [-0.4, -0.2) is 9.13 Å². The van der Waals surface area contributed by atoms with Crippen LogP contribution < -0.4 is 0 Å². The molecule has 2 aromatic heterocycles. The molecule has 1 atom stereocenters. The van der Waals surface area contributed by atoms with Crippen molar-refractivity contribution in [3.63, 3.8) is 0 Å². The molecule has 3 aliphatic rings. The zero-order chi connectivity index (χ0) is 50.6. The summed E-state index contributed by atoms with van der Waals surface area (Å²) in [5.74, 6) is 0.397. The van der Waals surface area contributed by atoms with Crippen LogP contribution >= 0.6 is 0 Å². The van der Waals surface area contributed by atoms with Crippen LogP contribution in [0.3, 0.4) is 0 Å². The van der Waals surface area contributed by atoms with Crippen LogP contribution in [0.5, 0.6) is 0 Å². The third-order valence-electron chi connectivity index (χ3n) is 18.2. The maximum absolute atomic E-state index is 2.52. The molecule has 0 fully saturated rings. The van der Waals surface area contributed by atoms with E-state index >= 15 is 0 Å². The second kappa shape index (κ2) is 15.8. The van der Waals surface area contributed by atoms with Gasteiger partial charge in [0.05, 0.1) is 22.1 Å². The van der Waals surface area contributed by atoms with Crippen molar-refractivity contribution >= 4 is 70.7 Å². The summed E-state index contributed by atoms with van der Waals surface area (Å²) in [7, 11) is 0. The summed E-state index contributed by atoms with van der Waals surface area (Å²) in [6, 6.07) is 85.1. The fraction of sp³-hybridized carbons (Fsp3) is 0.108. The van der Waals surface area contributed by atoms with E-state index in [9.17, 15) is 0 Å². The molecule has 0 radical (unpaired) electrons. The molecule has 0 spiro atoms. The van der Waals surface area contributed by atoms with E-state index in [0.717, 1.165) is 17.8 Å². The Morgan fingerprint density at radius 3 is 1.38 bits per heavy atom. The maximum Gasteiger partial charge on any atom is 0.0541 e. The highest BCUT2D eigenvalue weighted by atomic mass is 15.0. The first-order valence-electron chi connectivity index (χ1n) is 27.1. The van der Waals surface area contributed by atoms with Crippen molar-refractivity contribution in [1.29, 1.82) is 0 Å². The summed E-state index contributed by atoms with van der Waals surface area (Å²) < 4.78 is 4.95. The number of nitrogens with zero attached hydrogens (tertiary/aromatic N) is 2. The number of rotatable bonds is 5. The van der Waals surface area contributed by atoms with Crippen LogP contribution in [0.1, 0.15) is 67.9 Å². The first-order chi connectivity index (χ1) is 37.2. The lowest BCUT2D eigenvalue weighted by Gasteiger charge is -2.27. The molecule has 0 amide bonds. The number of hydrogen-bond donors (Lipinski definition) is 0. The molecule has 0 aliphatic heterocycles. The molecule has 1 unspecified atom stereocenters. The Balaban J connectivity index is 0.973. The number of benzene rings is 11. The molecule has 0 N–H and O–H groups in total. The first kappa shape index (κ1) is 43.4. The van der Waals surface area contributed by atoms with Gasteiger partial charge in [-0.2, -0.15) is 0 Å². The summed E-state index contributed by atoms with van der Waals surface area (Å²) in [4.78, 5) is 0. The predicted octanol–water partition coefficient (Wildman–Crippen LogP) is 19.6. The molecule has 2 heteroatoms. The summed E-state index contributed by atoms with van der Waals surface area (Å²) in [5.41, 5.74) is 24.5. The molecule has 2 heterocycles. The van der Waals surface area contributed by atoms with E-state index in [2.05, 4.69) is 273 Å². The molecule has 76 heavy (non-hydrogen) atoms. The van der Waals surface area contributed by atoms with E-state index in [1.807, 2.05) is 0 Å². The van der Waals surface area contributed by atoms with Gasteiger partial charge in [-0.25, -0.2) is 0 Å². The average Bonchev–Trinajstić information content (AvgIpc) is 4.25. The molecule has 0 bridgehead atoms. The van der Waals surface area contributed by atoms with Crippen molar-refractivity contribution in [2.24, 2.45) is 0 Å². The zero-order valence-electron chi connectivity index (χ0n) is 43.2. The minimum atomic E-state index is -0.157. The SMILES string of the molecule is CC1(C)C2=CC=C(c3ccc(-c4c5ccc(-n6c7ccccc7c7ccccc76)cc5c(-c5ccc6c(c5)C(C)(C)c5ccccc5-6)c5ccc(-n6c7ccccc7c7ccccc76)cc45)cc3)CC2c2ccccc21. The van der Waals surface area contributed by atoms with E-state index in [-0.39, 0.29) is 10.8 Å². The quantitative estimate of drug-likeness (QED) is 0.152. The number of para-hydroxylation sites is 4. The Bertz CT molecular complexity index is 4610. The van der Waals surface area contributed by atoms with Gasteiger partial charge in [0.2, 0.25) is 0 Å². The molecular formula is C74H54N2. The monoisotopic (exact) mass is 970 g/mol. The lowest BCUT2D eigenvalue weighted by Crippen LogP contribution is -2.17. The van der Waals surface area contributed by atoms with Gasteiger partial charge >= 0.3 is 0 Å². The maximum atomic E-state index is 2.52. The Labute approximate surface area is 443 Å². The van der Waals surface area contributed by atoms with Gasteiger partial charge in [0.1, 0.15) is 0 Å². The van der Waals surface area contributed by atoms with Crippen molar-refractivity contribution < 1.29 is 0 Å². The molecule has 2 nitrogen and oxygen atoms in total. The molecule has 3 aliphatic carbocycles. The van der Waals surface area contributed by atoms with Gasteiger partial charge in [0.15, 0.2) is 0 Å². The standard InChI is InChI=1S/C74H54N2/c1-73(2)64-24-12-6-18-52(64)60-41-47(34-40-65(60)73)45-29-31-46(32-30-45)71-58-38-35-50(76-69-27-15-9-21-56(69)57-22-10-16-28-70(57)76)44-62(58)72(48-33-37-53-51-17-5-11-23-63(51)74(3,4)66(53)42-48)59-39-36-49(43-61(59)71)75-67-25-13-7-19-54(67)55-20-8-14-26-68(55)75/h5-40,42-44,60H,41H2,1-4H3. The van der Waals surface area contributed by atoms with Gasteiger partial charge in [-0.1, -0.05) is 215 Å². The van der Waals surface area contributed by atoms with Crippen LogP contribution in [0.2, 0.25) is 0 Å². The van der Waals surface area contributed by atoms with Gasteiger partial charge in [-0.3, -0.25) is 0 Å². The van der Waals surface area contributed by atoms with E-state index in [1.165, 1.54) is 138 Å². The van der Waals surface area contributed by atoms with E-state index < -0.39 is 0 Å². The molecule has 360 valence electrons. The fourth-order valence-electron chi connectivity index (χ4n) is 14.6. The molecule has 13 aromatic rings. The molecule has 0 saturated carbocycles. The lowest BCUT2D eigenvalue weighted by molar-refractivity contribution is 0.615. The van der Waals surface area contributed by atoms with Gasteiger partial charge in [0, 0.05) is 49.7 Å². The second-order valence-electron chi connectivity index (χ2n) is 22.7. The summed E-state index contributed by atoms with van der Waals surface area (Å²) in [6.45, 7) is 9.59. The number of aromatic nitrogens is 2. The third-order valence-corrected chi connectivity index (χ3v) is 18.2. The normalized spacial score (nSPS) is 16.1. The highest BCUT2D eigenvalue weighted by Gasteiger charge is 2.42. The van der Waals surface area contributed by atoms with Crippen LogP contribution in [0.15, 0.2) is 242 Å². The lowest BCUT2D eigenvalue weighted by atomic mass is 9.76. The van der Waals surface area contributed by atoms with E-state index in [4.69, 9.17) is 0 Å². The van der Waals surface area contributed by atoms with Gasteiger partial charge in [-0.05, 0) is 149 Å². The molecule has 11 aromatic carbocycles. The van der Waals surface area contributed by atoms with Crippen LogP contribution in [0, 0.1) is 0 Å². The Kier molecular flexibility index (Phi) is 9.01. The van der Waals surface area contributed by atoms with Gasteiger partial charge < -0.3 is 9.13 Å². The van der Waals surface area contributed by atoms with Crippen LogP contribution in [-0.2, 0) is 10.8 Å². The number of allylic oxidation sites excluding steroid dienone is 4. The zero-order valence-corrected chi connectivity index (χ0v) is 43.2. The topological polar surface area (TPSA) is 9.86 Å². The Morgan fingerprint density at radius 2 is 0.803 bits per heavy atom. The number of hydrogen-bond acceptors (Lipinski definition) is 0. The fourth-order valence-corrected chi connectivity index (χ4v) is 14.6. The van der Waals surface area contributed by atoms with Crippen molar-refractivity contribution in [2.45, 2.75) is 50.9 Å². The molecule has 16 rings (SSSR count). The van der Waals surface area contributed by atoms with Crippen LogP contribution in [0.25, 0.3) is 115 Å². The second-order valence-corrected chi connectivity index (χ2v) is 22.7. The minimum absolute atomic E-state index is 0.0297. The highest BCUT2D eigenvalue weighted by Crippen LogP contribution is 2.56. The van der Waals surface area contributed by atoms with Crippen molar-refractivity contribution in [1.82, 2.24) is 9.13 Å². The largest absolute Gasteiger partial charge is 0.309 e. The predicted molar refractivity (Wildman–Crippen MR) is 321 cm³/mol. The third kappa shape index (κ3) is 5.98. The van der Waals surface area contributed by atoms with Gasteiger partial charge in [-0.15, -0.1) is 0 Å². The summed E-state index contributed by atoms with van der Waals surface area (Å²) in [6.07, 6.45) is 5.84. The van der Waals surface area contributed by atoms with E-state index in [0.29, 0.717) is 5.92 Å². The number of fused-ring (bicyclic) bond motifs is 14. The van der Waals surface area contributed by atoms with Crippen LogP contribution in [0.4, 0.5) is 0 Å². The Morgan fingerprint density at radius 1 is 0.342 bits per heavy atom. The summed E-state index contributed by atoms with van der Waals surface area (Å²) in [5, 5.41) is 9.98. The van der Waals surface area contributed by atoms with Gasteiger partial charge in [0.25, 0.3) is 0 Å². The summed E-state index contributed by atoms with van der Waals surface area (Å²) >= 11 is 0. The molecular weight excluding hydrogens is 917 g/mol. The Hall–Kier alpha value is -8.98. The van der Waals surface area contributed by atoms with Crippen molar-refractivity contribution in [3.05, 3.63) is 270 Å². The highest BCUT2D eigenvalue weighted by molar-refractivity contribution is 6.23. The molecule has 0 saturated heterocycles. The minimum Gasteiger partial charge on any atom is -0.309 e. The van der Waals surface area contributed by atoms with E-state index in [1.54, 1.807) is 0 Å². The van der Waals surface area contributed by atoms with Crippen molar-refractivity contribution in [2.75, 3.05) is 0 Å². The smallest absolute Gasteiger partial charge is 0.0541 e. The first-order valence-corrected chi connectivity index (χ1v) is 27.1. The van der Waals surface area contributed by atoms with Crippen molar-refractivity contribution in [3.8, 4) is 44.8 Å². The average molecular weight is 971 g/mol.